The highest BCUT2D eigenvalue weighted by Crippen LogP contribution is 2.44. The Morgan fingerprint density at radius 2 is 1.96 bits per heavy atom. The van der Waals surface area contributed by atoms with Crippen molar-refractivity contribution in [1.82, 2.24) is 15.3 Å². The number of amides is 2. The number of aromatic amines is 1. The zero-order chi connectivity index (χ0) is 18.3. The van der Waals surface area contributed by atoms with Gasteiger partial charge in [-0.25, -0.2) is 4.98 Å². The van der Waals surface area contributed by atoms with Crippen LogP contribution in [0, 0.1) is 0 Å². The Kier molecular flexibility index (Phi) is 3.96. The number of nitrogens with one attached hydrogen (secondary N) is 2. The zero-order valence-corrected chi connectivity index (χ0v) is 15.3. The largest absolute Gasteiger partial charge is 0.347 e. The topological polar surface area (TPSA) is 78.1 Å². The highest BCUT2D eigenvalue weighted by Gasteiger charge is 2.48. The summed E-state index contributed by atoms with van der Waals surface area (Å²) in [4.78, 5) is 35.8. The van der Waals surface area contributed by atoms with Gasteiger partial charge in [0.1, 0.15) is 5.82 Å². The molecule has 0 fully saturated rings. The summed E-state index contributed by atoms with van der Waals surface area (Å²) in [6, 6.07) is 15.3. The highest BCUT2D eigenvalue weighted by molar-refractivity contribution is 8.02. The summed E-state index contributed by atoms with van der Waals surface area (Å²) in [6.45, 7) is 1.91. The summed E-state index contributed by atoms with van der Waals surface area (Å²) >= 11 is 1.29. The number of hydrogen-bond acceptors (Lipinski definition) is 4. The van der Waals surface area contributed by atoms with Crippen molar-refractivity contribution in [2.45, 2.75) is 23.1 Å². The van der Waals surface area contributed by atoms with Crippen molar-refractivity contribution >= 4 is 40.3 Å². The number of carbonyl (C=O) groups is 2. The summed E-state index contributed by atoms with van der Waals surface area (Å²) in [5, 5.41) is 2.85. The van der Waals surface area contributed by atoms with Crippen LogP contribution in [-0.4, -0.2) is 33.6 Å². The molecule has 0 radical (unpaired) electrons. The maximum absolute atomic E-state index is 12.9. The minimum atomic E-state index is -1.21. The molecular weight excluding hydrogens is 348 g/mol. The lowest BCUT2D eigenvalue weighted by Gasteiger charge is -2.36. The van der Waals surface area contributed by atoms with Gasteiger partial charge in [-0.05, 0) is 31.2 Å². The minimum absolute atomic E-state index is 0.233. The fourth-order valence-corrected chi connectivity index (χ4v) is 4.36. The lowest BCUT2D eigenvalue weighted by atomic mass is 10.1. The van der Waals surface area contributed by atoms with Crippen molar-refractivity contribution in [3.8, 4) is 0 Å². The molecule has 2 N–H and O–H groups in total. The van der Waals surface area contributed by atoms with Crippen molar-refractivity contribution in [2.75, 3.05) is 11.9 Å². The normalized spacial score (nSPS) is 19.5. The van der Waals surface area contributed by atoms with E-state index in [0.29, 0.717) is 5.82 Å². The monoisotopic (exact) mass is 366 g/mol. The fourth-order valence-electron chi connectivity index (χ4n) is 3.08. The summed E-state index contributed by atoms with van der Waals surface area (Å²) in [5.74, 6) is 0.0998. The van der Waals surface area contributed by atoms with E-state index in [1.807, 2.05) is 48.5 Å². The molecule has 1 aromatic heterocycles. The maximum Gasteiger partial charge on any atom is 0.252 e. The van der Waals surface area contributed by atoms with E-state index in [1.54, 1.807) is 18.9 Å². The van der Waals surface area contributed by atoms with Gasteiger partial charge in [-0.2, -0.15) is 0 Å². The van der Waals surface area contributed by atoms with Gasteiger partial charge in [-0.15, -0.1) is 0 Å². The van der Waals surface area contributed by atoms with Crippen molar-refractivity contribution in [2.24, 2.45) is 0 Å². The van der Waals surface area contributed by atoms with Gasteiger partial charge in [-0.1, -0.05) is 36.0 Å². The van der Waals surface area contributed by atoms with Crippen LogP contribution in [0.15, 0.2) is 53.4 Å². The molecule has 6 nitrogen and oxygen atoms in total. The Balaban J connectivity index is 1.54. The van der Waals surface area contributed by atoms with Gasteiger partial charge >= 0.3 is 0 Å². The number of carbonyl (C=O) groups excluding carboxylic acids is 2. The summed E-state index contributed by atoms with van der Waals surface area (Å²) in [5.41, 5.74) is 2.59. The number of nitrogens with zero attached hydrogens (tertiary/aromatic N) is 2. The van der Waals surface area contributed by atoms with E-state index in [9.17, 15) is 9.59 Å². The van der Waals surface area contributed by atoms with Crippen LogP contribution < -0.4 is 10.2 Å². The molecule has 1 atom stereocenters. The van der Waals surface area contributed by atoms with Crippen molar-refractivity contribution in [1.29, 1.82) is 0 Å². The first-order valence-corrected chi connectivity index (χ1v) is 9.09. The molecule has 7 heteroatoms. The fraction of sp³-hybridized carbons (Fsp3) is 0.211. The molecule has 1 unspecified atom stereocenters. The molecule has 132 valence electrons. The van der Waals surface area contributed by atoms with Gasteiger partial charge in [0.15, 0.2) is 4.75 Å². The number of thioether (sulfide) groups is 1. The lowest BCUT2D eigenvalue weighted by Crippen LogP contribution is -2.55. The first-order valence-electron chi connectivity index (χ1n) is 8.27. The third-order valence-corrected chi connectivity index (χ3v) is 5.87. The molecule has 2 heterocycles. The average Bonchev–Trinajstić information content (AvgIpc) is 3.07. The van der Waals surface area contributed by atoms with E-state index < -0.39 is 4.75 Å². The van der Waals surface area contributed by atoms with Gasteiger partial charge in [0, 0.05) is 11.9 Å². The summed E-state index contributed by atoms with van der Waals surface area (Å²) in [7, 11) is 1.70. The molecule has 0 spiro atoms. The van der Waals surface area contributed by atoms with E-state index in [2.05, 4.69) is 15.3 Å². The molecule has 0 bridgehead atoms. The predicted octanol–water partition coefficient (Wildman–Crippen LogP) is 2.71. The molecule has 26 heavy (non-hydrogen) atoms. The molecule has 0 saturated heterocycles. The van der Waals surface area contributed by atoms with Gasteiger partial charge in [0.2, 0.25) is 5.91 Å². The molecule has 2 amide bonds. The van der Waals surface area contributed by atoms with E-state index in [-0.39, 0.29) is 18.4 Å². The second kappa shape index (κ2) is 6.17. The van der Waals surface area contributed by atoms with Crippen LogP contribution in [0.3, 0.4) is 0 Å². The smallest absolute Gasteiger partial charge is 0.252 e. The van der Waals surface area contributed by atoms with Gasteiger partial charge < -0.3 is 15.2 Å². The number of H-pyrrole nitrogens is 1. The highest BCUT2D eigenvalue weighted by atomic mass is 32.2. The maximum atomic E-state index is 12.9. The van der Waals surface area contributed by atoms with Crippen LogP contribution in [-0.2, 0) is 16.1 Å². The first-order chi connectivity index (χ1) is 12.5. The zero-order valence-electron chi connectivity index (χ0n) is 14.4. The van der Waals surface area contributed by atoms with Crippen molar-refractivity contribution in [3.05, 3.63) is 54.4 Å². The second-order valence-electron chi connectivity index (χ2n) is 6.35. The summed E-state index contributed by atoms with van der Waals surface area (Å²) in [6.07, 6.45) is 0. The van der Waals surface area contributed by atoms with Crippen LogP contribution in [0.4, 0.5) is 5.69 Å². The average molecular weight is 366 g/mol. The molecule has 1 aliphatic heterocycles. The number of rotatable bonds is 3. The Morgan fingerprint density at radius 3 is 2.77 bits per heavy atom. The molecule has 1 aliphatic rings. The first kappa shape index (κ1) is 16.7. The Labute approximate surface area is 155 Å². The molecule has 0 aliphatic carbocycles. The minimum Gasteiger partial charge on any atom is -0.347 e. The van der Waals surface area contributed by atoms with Gasteiger partial charge in [0.05, 0.1) is 23.3 Å². The van der Waals surface area contributed by atoms with Crippen LogP contribution in [0.1, 0.15) is 12.7 Å². The van der Waals surface area contributed by atoms with Crippen LogP contribution in [0.2, 0.25) is 0 Å². The van der Waals surface area contributed by atoms with E-state index in [1.165, 1.54) is 11.8 Å². The molecular formula is C19H18N4O2S. The molecule has 2 aromatic carbocycles. The lowest BCUT2D eigenvalue weighted by molar-refractivity contribution is -0.131. The Hall–Kier alpha value is -2.80. The number of para-hydroxylation sites is 3. The Bertz CT molecular complexity index is 982. The molecule has 3 aromatic rings. The van der Waals surface area contributed by atoms with Gasteiger partial charge in [-0.3, -0.25) is 9.59 Å². The number of benzene rings is 2. The number of fused-ring (bicyclic) bond motifs is 2. The third kappa shape index (κ3) is 2.64. The Morgan fingerprint density at radius 1 is 1.23 bits per heavy atom. The van der Waals surface area contributed by atoms with E-state index >= 15 is 0 Å². The van der Waals surface area contributed by atoms with Crippen molar-refractivity contribution < 1.29 is 9.59 Å². The van der Waals surface area contributed by atoms with Crippen LogP contribution >= 0.6 is 11.8 Å². The molecule has 4 rings (SSSR count). The van der Waals surface area contributed by atoms with Gasteiger partial charge in [0.25, 0.3) is 5.91 Å². The van der Waals surface area contributed by atoms with E-state index in [0.717, 1.165) is 21.6 Å². The number of imidazole rings is 1. The quantitative estimate of drug-likeness (QED) is 0.699. The van der Waals surface area contributed by atoms with Crippen molar-refractivity contribution in [3.63, 3.8) is 0 Å². The molecule has 0 saturated carbocycles. The number of hydrogen-bond donors (Lipinski definition) is 2. The number of anilines is 1. The van der Waals surface area contributed by atoms with E-state index in [4.69, 9.17) is 0 Å². The SMILES string of the molecule is CN1C(=O)C(C)(C(=O)NCc2nc3ccccc3[nH]2)Sc2ccccc21. The number of aromatic nitrogens is 2. The third-order valence-electron chi connectivity index (χ3n) is 4.54. The standard InChI is InChI=1S/C19H18N4O2S/c1-19(18(25)23(2)14-9-5-6-10-15(14)26-19)17(24)20-11-16-21-12-7-3-4-8-13(12)22-16/h3-10H,11H2,1-2H3,(H,20,24)(H,21,22). The predicted molar refractivity (Wildman–Crippen MR) is 102 cm³/mol. The van der Waals surface area contributed by atoms with Crippen LogP contribution in [0.25, 0.3) is 11.0 Å². The second-order valence-corrected chi connectivity index (χ2v) is 7.81. The summed E-state index contributed by atoms with van der Waals surface area (Å²) < 4.78 is -1.21. The van der Waals surface area contributed by atoms with Crippen LogP contribution in [0.5, 0.6) is 0 Å².